The van der Waals surface area contributed by atoms with Crippen molar-refractivity contribution in [2.75, 3.05) is 52.3 Å². The van der Waals surface area contributed by atoms with Gasteiger partial charge in [-0.2, -0.15) is 4.31 Å². The van der Waals surface area contributed by atoms with Crippen LogP contribution in [0.4, 0.5) is 0 Å². The van der Waals surface area contributed by atoms with Gasteiger partial charge in [0.25, 0.3) is 0 Å². The smallest absolute Gasteiger partial charge is 0.318 e. The molecule has 1 N–H and O–H groups in total. The number of hydrogen-bond acceptors (Lipinski definition) is 6. The van der Waals surface area contributed by atoms with Gasteiger partial charge >= 0.3 is 5.97 Å². The summed E-state index contributed by atoms with van der Waals surface area (Å²) in [7, 11) is -3.67. The quantitative estimate of drug-likeness (QED) is 0.504. The van der Waals surface area contributed by atoms with Gasteiger partial charge in [-0.3, -0.25) is 9.59 Å². The zero-order valence-corrected chi connectivity index (χ0v) is 15.2. The van der Waals surface area contributed by atoms with Crippen LogP contribution in [0.25, 0.3) is 0 Å². The van der Waals surface area contributed by atoms with Gasteiger partial charge in [-0.1, -0.05) is 0 Å². The minimum absolute atomic E-state index is 0.0618. The van der Waals surface area contributed by atoms with Crippen molar-refractivity contribution in [2.45, 2.75) is 25.4 Å². The number of carboxylic acids is 1. The van der Waals surface area contributed by atoms with Crippen molar-refractivity contribution < 1.29 is 32.6 Å². The molecule has 0 bridgehead atoms. The van der Waals surface area contributed by atoms with Crippen LogP contribution in [0.1, 0.15) is 19.3 Å². The summed E-state index contributed by atoms with van der Waals surface area (Å²) in [5.74, 6) is -0.644. The number of carboxylic acid groups (broad SMARTS) is 1. The Bertz CT molecular complexity index is 576. The number of sulfonamides is 1. The molecular weight excluding hydrogens is 352 g/mol. The lowest BCUT2D eigenvalue weighted by molar-refractivity contribution is -0.142. The van der Waals surface area contributed by atoms with Gasteiger partial charge in [-0.15, -0.1) is 0 Å². The molecule has 1 saturated carbocycles. The lowest BCUT2D eigenvalue weighted by Crippen LogP contribution is -2.51. The van der Waals surface area contributed by atoms with E-state index >= 15 is 0 Å². The summed E-state index contributed by atoms with van der Waals surface area (Å²) < 4.78 is 35.2. The van der Waals surface area contributed by atoms with Crippen LogP contribution < -0.4 is 0 Å². The first kappa shape index (κ1) is 20.1. The molecule has 9 nitrogen and oxygen atoms in total. The molecule has 25 heavy (non-hydrogen) atoms. The molecule has 2 fully saturated rings. The van der Waals surface area contributed by atoms with Crippen LogP contribution in [0, 0.1) is 5.92 Å². The van der Waals surface area contributed by atoms with Gasteiger partial charge in [0.05, 0.1) is 32.0 Å². The van der Waals surface area contributed by atoms with E-state index < -0.39 is 28.6 Å². The first-order valence-corrected chi connectivity index (χ1v) is 10.2. The third-order valence-electron chi connectivity index (χ3n) is 4.19. The second-order valence-corrected chi connectivity index (χ2v) is 8.53. The molecule has 1 saturated heterocycles. The highest BCUT2D eigenvalue weighted by Gasteiger charge is 2.29. The van der Waals surface area contributed by atoms with Gasteiger partial charge in [0, 0.05) is 26.2 Å². The molecule has 10 heteroatoms. The van der Waals surface area contributed by atoms with E-state index in [0.29, 0.717) is 32.3 Å². The molecule has 0 aromatic carbocycles. The number of carbonyl (C=O) groups excluding carboxylic acids is 1. The van der Waals surface area contributed by atoms with Gasteiger partial charge in [-0.05, 0) is 18.8 Å². The van der Waals surface area contributed by atoms with Gasteiger partial charge < -0.3 is 19.5 Å². The third kappa shape index (κ3) is 7.27. The average Bonchev–Trinajstić information content (AvgIpc) is 3.34. The normalized spacial score (nSPS) is 21.5. The molecule has 0 radical (unpaired) electrons. The predicted octanol–water partition coefficient (Wildman–Crippen LogP) is -0.623. The van der Waals surface area contributed by atoms with Crippen molar-refractivity contribution in [3.05, 3.63) is 0 Å². The summed E-state index contributed by atoms with van der Waals surface area (Å²) in [4.78, 5) is 24.7. The van der Waals surface area contributed by atoms with E-state index in [2.05, 4.69) is 0 Å². The van der Waals surface area contributed by atoms with Gasteiger partial charge in [0.15, 0.2) is 0 Å². The van der Waals surface area contributed by atoms with Gasteiger partial charge in [0.1, 0.15) is 6.54 Å². The van der Waals surface area contributed by atoms with Gasteiger partial charge in [0.2, 0.25) is 15.9 Å². The highest BCUT2D eigenvalue weighted by molar-refractivity contribution is 7.88. The first-order valence-electron chi connectivity index (χ1n) is 8.39. The van der Waals surface area contributed by atoms with E-state index in [1.165, 1.54) is 12.8 Å². The van der Waals surface area contributed by atoms with Crippen molar-refractivity contribution in [1.29, 1.82) is 0 Å². The fourth-order valence-electron chi connectivity index (χ4n) is 2.60. The fourth-order valence-corrected chi connectivity index (χ4v) is 3.39. The van der Waals surface area contributed by atoms with Crippen LogP contribution in [0.3, 0.4) is 0 Å². The van der Waals surface area contributed by atoms with E-state index in [1.807, 2.05) is 0 Å². The van der Waals surface area contributed by atoms with Crippen LogP contribution >= 0.6 is 0 Å². The van der Waals surface area contributed by atoms with E-state index in [0.717, 1.165) is 10.6 Å². The Morgan fingerprint density at radius 3 is 2.68 bits per heavy atom. The Kier molecular flexibility index (Phi) is 7.17. The number of aliphatic carboxylic acids is 1. The number of amides is 1. The third-order valence-corrected chi connectivity index (χ3v) is 5.41. The molecule has 2 aliphatic rings. The molecule has 2 rings (SSSR count). The Morgan fingerprint density at radius 1 is 1.36 bits per heavy atom. The molecule has 144 valence electrons. The standard InChI is InChI=1S/C15H26N2O7S/c1-25(21,22)17(10-15(19)20)9-13-8-16(5-7-24-13)14(18)4-6-23-11-12-2-3-12/h12-13H,2-11H2,1H3,(H,19,20). The predicted molar refractivity (Wildman–Crippen MR) is 88.5 cm³/mol. The molecule has 1 unspecified atom stereocenters. The summed E-state index contributed by atoms with van der Waals surface area (Å²) in [6.45, 7) is 1.35. The minimum Gasteiger partial charge on any atom is -0.480 e. The molecule has 0 spiro atoms. The van der Waals surface area contributed by atoms with Crippen LogP contribution in [0.2, 0.25) is 0 Å². The average molecular weight is 378 g/mol. The Labute approximate surface area is 147 Å². The zero-order chi connectivity index (χ0) is 18.4. The fraction of sp³-hybridized carbons (Fsp3) is 0.867. The molecule has 1 aliphatic heterocycles. The van der Waals surface area contributed by atoms with Crippen molar-refractivity contribution in [3.63, 3.8) is 0 Å². The summed E-state index contributed by atoms with van der Waals surface area (Å²) >= 11 is 0. The van der Waals surface area contributed by atoms with Crippen LogP contribution in [0.5, 0.6) is 0 Å². The lowest BCUT2D eigenvalue weighted by atomic mass is 10.2. The van der Waals surface area contributed by atoms with Crippen molar-refractivity contribution in [3.8, 4) is 0 Å². The van der Waals surface area contributed by atoms with Crippen molar-refractivity contribution >= 4 is 21.9 Å². The maximum Gasteiger partial charge on any atom is 0.318 e. The monoisotopic (exact) mass is 378 g/mol. The van der Waals surface area contributed by atoms with Crippen LogP contribution in [-0.4, -0.2) is 93.0 Å². The highest BCUT2D eigenvalue weighted by Crippen LogP contribution is 2.28. The largest absolute Gasteiger partial charge is 0.480 e. The first-order chi connectivity index (χ1) is 11.8. The van der Waals surface area contributed by atoms with Crippen LogP contribution in [0.15, 0.2) is 0 Å². The highest BCUT2D eigenvalue weighted by atomic mass is 32.2. The molecule has 1 heterocycles. The Balaban J connectivity index is 1.79. The van der Waals surface area contributed by atoms with E-state index in [-0.39, 0.29) is 25.4 Å². The summed E-state index contributed by atoms with van der Waals surface area (Å²) in [5.41, 5.74) is 0. The SMILES string of the molecule is CS(=O)(=O)N(CC(=O)O)CC1CN(C(=O)CCOCC2CC2)CCO1. The van der Waals surface area contributed by atoms with Gasteiger partial charge in [-0.25, -0.2) is 8.42 Å². The molecule has 1 atom stereocenters. The lowest BCUT2D eigenvalue weighted by Gasteiger charge is -2.35. The number of nitrogens with zero attached hydrogens (tertiary/aromatic N) is 2. The molecule has 1 aliphatic carbocycles. The van der Waals surface area contributed by atoms with Crippen LogP contribution in [-0.2, 0) is 29.1 Å². The maximum atomic E-state index is 12.2. The summed E-state index contributed by atoms with van der Waals surface area (Å²) in [6.07, 6.45) is 3.10. The molecule has 0 aromatic heterocycles. The Morgan fingerprint density at radius 2 is 2.08 bits per heavy atom. The Hall–Kier alpha value is -1.23. The number of morpholine rings is 1. The topological polar surface area (TPSA) is 113 Å². The van der Waals surface area contributed by atoms with Crippen molar-refractivity contribution in [2.24, 2.45) is 5.92 Å². The maximum absolute atomic E-state index is 12.2. The number of hydrogen-bond donors (Lipinski definition) is 1. The number of ether oxygens (including phenoxy) is 2. The summed E-state index contributed by atoms with van der Waals surface area (Å²) in [6, 6.07) is 0. The van der Waals surface area contributed by atoms with E-state index in [9.17, 15) is 18.0 Å². The number of carbonyl (C=O) groups is 2. The number of rotatable bonds is 10. The van der Waals surface area contributed by atoms with E-state index in [4.69, 9.17) is 14.6 Å². The van der Waals surface area contributed by atoms with E-state index in [1.54, 1.807) is 4.90 Å². The second-order valence-electron chi connectivity index (χ2n) is 6.55. The second kappa shape index (κ2) is 8.93. The molecular formula is C15H26N2O7S. The summed E-state index contributed by atoms with van der Waals surface area (Å²) in [5, 5.41) is 8.86. The minimum atomic E-state index is -3.67. The zero-order valence-electron chi connectivity index (χ0n) is 14.4. The molecule has 1 amide bonds. The molecule has 0 aromatic rings. The van der Waals surface area contributed by atoms with Crippen molar-refractivity contribution in [1.82, 2.24) is 9.21 Å².